The van der Waals surface area contributed by atoms with Crippen LogP contribution >= 0.6 is 0 Å². The summed E-state index contributed by atoms with van der Waals surface area (Å²) >= 11 is 0. The maximum absolute atomic E-state index is 13.3. The number of nitrogens with zero attached hydrogens (tertiary/aromatic N) is 4. The monoisotopic (exact) mass is 373 g/mol. The Balaban J connectivity index is 1.57. The summed E-state index contributed by atoms with van der Waals surface area (Å²) in [4.78, 5) is 13.4. The summed E-state index contributed by atoms with van der Waals surface area (Å²) in [7, 11) is 0. The molecule has 2 aromatic heterocycles. The van der Waals surface area contributed by atoms with E-state index in [2.05, 4.69) is 20.3 Å². The minimum atomic E-state index is -0.265. The molecule has 140 valence electrons. The summed E-state index contributed by atoms with van der Waals surface area (Å²) in [5, 5.41) is 3.38. The van der Waals surface area contributed by atoms with Crippen molar-refractivity contribution in [3.8, 4) is 22.6 Å². The van der Waals surface area contributed by atoms with Crippen molar-refractivity contribution in [2.24, 2.45) is 0 Å². The third-order valence-corrected chi connectivity index (χ3v) is 4.36. The topological polar surface area (TPSA) is 55.6 Å². The average Bonchev–Trinajstić information content (AvgIpc) is 3.26. The van der Waals surface area contributed by atoms with Gasteiger partial charge in [-0.05, 0) is 30.7 Å². The molecule has 0 fully saturated rings. The van der Waals surface area contributed by atoms with E-state index in [-0.39, 0.29) is 5.82 Å². The van der Waals surface area contributed by atoms with Gasteiger partial charge >= 0.3 is 0 Å². The number of anilines is 1. The second-order valence-corrected chi connectivity index (χ2v) is 6.42. The molecule has 0 aliphatic carbocycles. The van der Waals surface area contributed by atoms with Crippen LogP contribution < -0.4 is 5.32 Å². The van der Waals surface area contributed by atoms with E-state index in [9.17, 15) is 4.39 Å². The minimum absolute atomic E-state index is 0.265. The van der Waals surface area contributed by atoms with Crippen LogP contribution in [0.1, 0.15) is 6.42 Å². The number of rotatable bonds is 7. The van der Waals surface area contributed by atoms with Crippen LogP contribution in [-0.2, 0) is 6.54 Å². The van der Waals surface area contributed by atoms with Crippen molar-refractivity contribution in [3.05, 3.63) is 85.2 Å². The second kappa shape index (κ2) is 8.43. The molecule has 2 aromatic carbocycles. The highest BCUT2D eigenvalue weighted by molar-refractivity contribution is 5.67. The first-order chi connectivity index (χ1) is 13.8. The largest absolute Gasteiger partial charge is 0.370 e. The maximum Gasteiger partial charge on any atom is 0.162 e. The Labute approximate surface area is 162 Å². The van der Waals surface area contributed by atoms with Gasteiger partial charge < -0.3 is 9.88 Å². The van der Waals surface area contributed by atoms with Gasteiger partial charge in [-0.2, -0.15) is 0 Å². The van der Waals surface area contributed by atoms with E-state index in [0.29, 0.717) is 5.82 Å². The Morgan fingerprint density at radius 1 is 0.929 bits per heavy atom. The molecular weight excluding hydrogens is 353 g/mol. The number of benzene rings is 2. The molecule has 0 atom stereocenters. The lowest BCUT2D eigenvalue weighted by Gasteiger charge is -2.11. The molecule has 0 saturated carbocycles. The van der Waals surface area contributed by atoms with Crippen LogP contribution in [0.4, 0.5) is 10.2 Å². The van der Waals surface area contributed by atoms with Gasteiger partial charge in [-0.3, -0.25) is 0 Å². The smallest absolute Gasteiger partial charge is 0.162 e. The number of hydrogen-bond donors (Lipinski definition) is 1. The van der Waals surface area contributed by atoms with Gasteiger partial charge in [0, 0.05) is 42.7 Å². The number of nitrogens with one attached hydrogen (secondary N) is 1. The van der Waals surface area contributed by atoms with Gasteiger partial charge in [0.2, 0.25) is 0 Å². The molecule has 28 heavy (non-hydrogen) atoms. The van der Waals surface area contributed by atoms with Gasteiger partial charge in [-0.25, -0.2) is 19.3 Å². The fourth-order valence-electron chi connectivity index (χ4n) is 2.92. The lowest BCUT2D eigenvalue weighted by molar-refractivity contribution is 0.628. The molecule has 0 amide bonds. The van der Waals surface area contributed by atoms with Crippen molar-refractivity contribution in [3.63, 3.8) is 0 Å². The summed E-state index contributed by atoms with van der Waals surface area (Å²) in [5.74, 6) is 1.12. The molecule has 2 heterocycles. The molecule has 0 bridgehead atoms. The number of hydrogen-bond acceptors (Lipinski definition) is 4. The molecule has 1 N–H and O–H groups in total. The van der Waals surface area contributed by atoms with Crippen molar-refractivity contribution in [1.29, 1.82) is 0 Å². The maximum atomic E-state index is 13.3. The first kappa shape index (κ1) is 17.9. The molecule has 0 aliphatic rings. The summed E-state index contributed by atoms with van der Waals surface area (Å²) < 4.78 is 15.3. The normalized spacial score (nSPS) is 10.8. The summed E-state index contributed by atoms with van der Waals surface area (Å²) in [5.41, 5.74) is 2.54. The SMILES string of the molecule is Fc1ccc(-c2cc(NCCCn3ccnc3)nc(-c3ccccc3)n2)cc1. The summed E-state index contributed by atoms with van der Waals surface area (Å²) in [6.07, 6.45) is 6.47. The Morgan fingerprint density at radius 2 is 1.75 bits per heavy atom. The zero-order chi connectivity index (χ0) is 19.2. The fraction of sp³-hybridized carbons (Fsp3) is 0.136. The summed E-state index contributed by atoms with van der Waals surface area (Å²) in [6.45, 7) is 1.65. The Hall–Kier alpha value is -3.54. The number of aryl methyl sites for hydroxylation is 1. The van der Waals surface area contributed by atoms with Gasteiger partial charge in [0.15, 0.2) is 5.82 Å². The third-order valence-electron chi connectivity index (χ3n) is 4.36. The highest BCUT2D eigenvalue weighted by atomic mass is 19.1. The first-order valence-electron chi connectivity index (χ1n) is 9.18. The molecule has 4 aromatic rings. The van der Waals surface area contributed by atoms with Gasteiger partial charge in [-0.1, -0.05) is 30.3 Å². The van der Waals surface area contributed by atoms with Crippen LogP contribution in [0.25, 0.3) is 22.6 Å². The van der Waals surface area contributed by atoms with Crippen LogP contribution in [0.2, 0.25) is 0 Å². The molecule has 0 saturated heterocycles. The van der Waals surface area contributed by atoms with Crippen molar-refractivity contribution in [1.82, 2.24) is 19.5 Å². The quantitative estimate of drug-likeness (QED) is 0.479. The molecule has 0 unspecified atom stereocenters. The van der Waals surface area contributed by atoms with E-state index in [0.717, 1.165) is 42.1 Å². The van der Waals surface area contributed by atoms with Crippen molar-refractivity contribution < 1.29 is 4.39 Å². The first-order valence-corrected chi connectivity index (χ1v) is 9.18. The van der Waals surface area contributed by atoms with Crippen LogP contribution in [0.5, 0.6) is 0 Å². The van der Waals surface area contributed by atoms with Gasteiger partial charge in [-0.15, -0.1) is 0 Å². The van der Waals surface area contributed by atoms with Gasteiger partial charge in [0.05, 0.1) is 12.0 Å². The van der Waals surface area contributed by atoms with Crippen molar-refractivity contribution in [2.45, 2.75) is 13.0 Å². The molecule has 4 rings (SSSR count). The van der Waals surface area contributed by atoms with E-state index < -0.39 is 0 Å². The second-order valence-electron chi connectivity index (χ2n) is 6.42. The molecule has 6 heteroatoms. The van der Waals surface area contributed by atoms with Crippen molar-refractivity contribution >= 4 is 5.82 Å². The molecular formula is C22H20FN5. The lowest BCUT2D eigenvalue weighted by Crippen LogP contribution is -2.08. The van der Waals surface area contributed by atoms with Crippen molar-refractivity contribution in [2.75, 3.05) is 11.9 Å². The zero-order valence-electron chi connectivity index (χ0n) is 15.3. The predicted molar refractivity (Wildman–Crippen MR) is 108 cm³/mol. The molecule has 0 radical (unpaired) electrons. The van der Waals surface area contributed by atoms with Crippen LogP contribution in [-0.4, -0.2) is 26.1 Å². The van der Waals surface area contributed by atoms with Crippen LogP contribution in [0, 0.1) is 5.82 Å². The average molecular weight is 373 g/mol. The van der Waals surface area contributed by atoms with E-state index >= 15 is 0 Å². The van der Waals surface area contributed by atoms with E-state index in [1.807, 2.05) is 53.5 Å². The number of imidazole rings is 1. The van der Waals surface area contributed by atoms with Gasteiger partial charge in [0.25, 0.3) is 0 Å². The Bertz CT molecular complexity index is 1010. The minimum Gasteiger partial charge on any atom is -0.370 e. The van der Waals surface area contributed by atoms with Gasteiger partial charge in [0.1, 0.15) is 11.6 Å². The van der Waals surface area contributed by atoms with E-state index in [4.69, 9.17) is 0 Å². The predicted octanol–water partition coefficient (Wildman–Crippen LogP) is 4.65. The van der Waals surface area contributed by atoms with Crippen LogP contribution in [0.15, 0.2) is 79.4 Å². The summed E-state index contributed by atoms with van der Waals surface area (Å²) in [6, 6.07) is 18.1. The van der Waals surface area contributed by atoms with Crippen LogP contribution in [0.3, 0.4) is 0 Å². The number of halogens is 1. The molecule has 0 aliphatic heterocycles. The zero-order valence-corrected chi connectivity index (χ0v) is 15.3. The standard InChI is InChI=1S/C22H20FN5/c23-19-9-7-17(8-10-19)20-15-21(25-11-4-13-28-14-12-24-16-28)27-22(26-20)18-5-2-1-3-6-18/h1-3,5-10,12,14-16H,4,11,13H2,(H,25,26,27). The van der Waals surface area contributed by atoms with E-state index in [1.165, 1.54) is 12.1 Å². The Kier molecular flexibility index (Phi) is 5.38. The fourth-order valence-corrected chi connectivity index (χ4v) is 2.92. The molecule has 5 nitrogen and oxygen atoms in total. The van der Waals surface area contributed by atoms with E-state index in [1.54, 1.807) is 18.3 Å². The number of aromatic nitrogens is 4. The highest BCUT2D eigenvalue weighted by Crippen LogP contribution is 2.24. The lowest BCUT2D eigenvalue weighted by atomic mass is 10.1. The highest BCUT2D eigenvalue weighted by Gasteiger charge is 2.09. The molecule has 0 spiro atoms. The third kappa shape index (κ3) is 4.40. The Morgan fingerprint density at radius 3 is 2.50 bits per heavy atom.